The maximum Gasteiger partial charge on any atom is 0.233 e. The summed E-state index contributed by atoms with van der Waals surface area (Å²) >= 11 is 0. The van der Waals surface area contributed by atoms with Gasteiger partial charge < -0.3 is 15.2 Å². The predicted molar refractivity (Wildman–Crippen MR) is 129 cm³/mol. The van der Waals surface area contributed by atoms with Gasteiger partial charge in [0.05, 0.1) is 5.41 Å². The lowest BCUT2D eigenvalue weighted by Gasteiger charge is -2.35. The molecule has 2 heterocycles. The highest BCUT2D eigenvalue weighted by atomic mass is 16.2. The van der Waals surface area contributed by atoms with Crippen molar-refractivity contribution in [2.45, 2.75) is 43.9 Å². The van der Waals surface area contributed by atoms with E-state index in [2.05, 4.69) is 39.5 Å². The molecule has 2 amide bonds. The van der Waals surface area contributed by atoms with Gasteiger partial charge in [-0.25, -0.2) is 0 Å². The Bertz CT molecular complexity index is 1190. The van der Waals surface area contributed by atoms with E-state index >= 15 is 0 Å². The first-order valence-electron chi connectivity index (χ1n) is 12.3. The lowest BCUT2D eigenvalue weighted by atomic mass is 9.88. The SMILES string of the molecule is O=C(NCCc1c[nH]c2ccccc12)C1CC12CCN(C(=O)C1(c3ccccc3)CC1)CC2. The number of carbonyl (C=O) groups is 2. The summed E-state index contributed by atoms with van der Waals surface area (Å²) in [6.45, 7) is 2.23. The molecule has 3 fully saturated rings. The van der Waals surface area contributed by atoms with E-state index in [1.54, 1.807) is 0 Å². The van der Waals surface area contributed by atoms with Crippen LogP contribution in [0.15, 0.2) is 60.8 Å². The molecule has 33 heavy (non-hydrogen) atoms. The maximum absolute atomic E-state index is 13.3. The molecule has 3 aromatic rings. The molecule has 5 nitrogen and oxygen atoms in total. The zero-order chi connectivity index (χ0) is 22.5. The molecule has 1 unspecified atom stereocenters. The number of likely N-dealkylation sites (tertiary alicyclic amines) is 1. The predicted octanol–water partition coefficient (Wildman–Crippen LogP) is 4.19. The average molecular weight is 442 g/mol. The van der Waals surface area contributed by atoms with E-state index in [9.17, 15) is 9.59 Å². The fourth-order valence-corrected chi connectivity index (χ4v) is 6.02. The number of aromatic nitrogens is 1. The third kappa shape index (κ3) is 3.54. The fraction of sp³-hybridized carbons (Fsp3) is 0.429. The quantitative estimate of drug-likeness (QED) is 0.603. The number of aromatic amines is 1. The molecule has 2 aliphatic carbocycles. The van der Waals surface area contributed by atoms with Gasteiger partial charge in [0.15, 0.2) is 0 Å². The molecule has 2 N–H and O–H groups in total. The first-order valence-corrected chi connectivity index (χ1v) is 12.3. The van der Waals surface area contributed by atoms with Crippen molar-refractivity contribution in [3.8, 4) is 0 Å². The summed E-state index contributed by atoms with van der Waals surface area (Å²) < 4.78 is 0. The van der Waals surface area contributed by atoms with Crippen molar-refractivity contribution in [1.29, 1.82) is 0 Å². The average Bonchev–Trinajstić information content (AvgIpc) is 3.76. The Morgan fingerprint density at radius 3 is 2.45 bits per heavy atom. The van der Waals surface area contributed by atoms with Gasteiger partial charge in [-0.2, -0.15) is 0 Å². The lowest BCUT2D eigenvalue weighted by Crippen LogP contribution is -2.45. The first kappa shape index (κ1) is 20.5. The Labute approximate surface area is 194 Å². The van der Waals surface area contributed by atoms with Crippen LogP contribution in [0.25, 0.3) is 10.9 Å². The smallest absolute Gasteiger partial charge is 0.233 e. The minimum absolute atomic E-state index is 0.113. The number of nitrogens with one attached hydrogen (secondary N) is 2. The van der Waals surface area contributed by atoms with Crippen LogP contribution < -0.4 is 5.32 Å². The van der Waals surface area contributed by atoms with Gasteiger partial charge in [-0.3, -0.25) is 9.59 Å². The molecule has 3 aliphatic rings. The molecule has 6 rings (SSSR count). The van der Waals surface area contributed by atoms with Crippen LogP contribution in [0.5, 0.6) is 0 Å². The third-order valence-electron chi connectivity index (χ3n) is 8.41. The number of piperidine rings is 1. The van der Waals surface area contributed by atoms with Crippen LogP contribution in [0.4, 0.5) is 0 Å². The lowest BCUT2D eigenvalue weighted by molar-refractivity contribution is -0.135. The molecular weight excluding hydrogens is 410 g/mol. The second kappa shape index (κ2) is 7.75. The van der Waals surface area contributed by atoms with Gasteiger partial charge >= 0.3 is 0 Å². The largest absolute Gasteiger partial charge is 0.361 e. The number of rotatable bonds is 6. The molecule has 1 aromatic heterocycles. The summed E-state index contributed by atoms with van der Waals surface area (Å²) in [7, 11) is 0. The minimum Gasteiger partial charge on any atom is -0.361 e. The van der Waals surface area contributed by atoms with Gasteiger partial charge in [0.25, 0.3) is 0 Å². The van der Waals surface area contributed by atoms with Crippen molar-refractivity contribution in [3.05, 3.63) is 71.9 Å². The Morgan fingerprint density at radius 2 is 1.70 bits per heavy atom. The van der Waals surface area contributed by atoms with Crippen LogP contribution in [0.1, 0.15) is 43.2 Å². The van der Waals surface area contributed by atoms with E-state index in [-0.39, 0.29) is 22.7 Å². The Balaban J connectivity index is 1.01. The van der Waals surface area contributed by atoms with Crippen molar-refractivity contribution in [2.24, 2.45) is 11.3 Å². The zero-order valence-corrected chi connectivity index (χ0v) is 19.0. The number of hydrogen-bond donors (Lipinski definition) is 2. The van der Waals surface area contributed by atoms with Crippen molar-refractivity contribution in [1.82, 2.24) is 15.2 Å². The fourth-order valence-electron chi connectivity index (χ4n) is 6.02. The molecule has 170 valence electrons. The molecule has 2 saturated carbocycles. The Kier molecular flexibility index (Phi) is 4.82. The number of hydrogen-bond acceptors (Lipinski definition) is 2. The van der Waals surface area contributed by atoms with Gasteiger partial charge in [0.1, 0.15) is 0 Å². The maximum atomic E-state index is 13.3. The van der Waals surface area contributed by atoms with Gasteiger partial charge in [0.2, 0.25) is 11.8 Å². The van der Waals surface area contributed by atoms with E-state index in [1.807, 2.05) is 36.5 Å². The number of H-pyrrole nitrogens is 1. The van der Waals surface area contributed by atoms with Crippen LogP contribution >= 0.6 is 0 Å². The number of fused-ring (bicyclic) bond motifs is 1. The van der Waals surface area contributed by atoms with Crippen molar-refractivity contribution >= 4 is 22.7 Å². The van der Waals surface area contributed by atoms with E-state index < -0.39 is 0 Å². The molecule has 1 atom stereocenters. The second-order valence-corrected chi connectivity index (χ2v) is 10.3. The highest BCUT2D eigenvalue weighted by Gasteiger charge is 2.60. The summed E-state index contributed by atoms with van der Waals surface area (Å²) in [5.74, 6) is 0.600. The molecule has 1 spiro atoms. The van der Waals surface area contributed by atoms with Crippen molar-refractivity contribution in [3.63, 3.8) is 0 Å². The number of nitrogens with zero attached hydrogens (tertiary/aromatic N) is 1. The Morgan fingerprint density at radius 1 is 0.970 bits per heavy atom. The number of benzene rings is 2. The third-order valence-corrected chi connectivity index (χ3v) is 8.41. The first-order chi connectivity index (χ1) is 16.1. The number of para-hydroxylation sites is 1. The normalized spacial score (nSPS) is 22.3. The summed E-state index contributed by atoms with van der Waals surface area (Å²) in [4.78, 5) is 31.5. The van der Waals surface area contributed by atoms with Crippen molar-refractivity contribution in [2.75, 3.05) is 19.6 Å². The topological polar surface area (TPSA) is 65.2 Å². The van der Waals surface area contributed by atoms with Crippen LogP contribution in [-0.2, 0) is 21.4 Å². The number of amides is 2. The van der Waals surface area contributed by atoms with Crippen molar-refractivity contribution < 1.29 is 9.59 Å². The zero-order valence-electron chi connectivity index (χ0n) is 19.0. The van der Waals surface area contributed by atoms with Crippen LogP contribution in [-0.4, -0.2) is 41.3 Å². The van der Waals surface area contributed by atoms with E-state index in [1.165, 1.54) is 10.9 Å². The van der Waals surface area contributed by atoms with Gasteiger partial charge in [-0.15, -0.1) is 0 Å². The van der Waals surface area contributed by atoms with Gasteiger partial charge in [0, 0.05) is 42.7 Å². The van der Waals surface area contributed by atoms with E-state index in [0.717, 1.165) is 62.7 Å². The molecule has 2 aromatic carbocycles. The van der Waals surface area contributed by atoms with Gasteiger partial charge in [-0.05, 0) is 61.1 Å². The summed E-state index contributed by atoms with van der Waals surface area (Å²) in [5, 5.41) is 4.41. The summed E-state index contributed by atoms with van der Waals surface area (Å²) in [6.07, 6.45) is 7.66. The van der Waals surface area contributed by atoms with E-state index in [0.29, 0.717) is 12.5 Å². The summed E-state index contributed by atoms with van der Waals surface area (Å²) in [5.41, 5.74) is 3.38. The van der Waals surface area contributed by atoms with Crippen LogP contribution in [0.3, 0.4) is 0 Å². The molecule has 1 aliphatic heterocycles. The second-order valence-electron chi connectivity index (χ2n) is 10.3. The standard InChI is InChI=1S/C28H31N3O2/c32-25(29-15-10-20-19-30-24-9-5-4-8-22(20)24)23-18-27(23)13-16-31(17-14-27)26(33)28(11-12-28)21-6-2-1-3-7-21/h1-9,19,23,30H,10-18H2,(H,29,32). The minimum atomic E-state index is -0.283. The summed E-state index contributed by atoms with van der Waals surface area (Å²) in [6, 6.07) is 18.5. The highest BCUT2D eigenvalue weighted by Crippen LogP contribution is 2.60. The monoisotopic (exact) mass is 441 g/mol. The molecule has 0 bridgehead atoms. The molecule has 0 radical (unpaired) electrons. The van der Waals surface area contributed by atoms with Crippen LogP contribution in [0.2, 0.25) is 0 Å². The van der Waals surface area contributed by atoms with E-state index in [4.69, 9.17) is 0 Å². The molecule has 5 heteroatoms. The number of carbonyl (C=O) groups excluding carboxylic acids is 2. The van der Waals surface area contributed by atoms with Crippen LogP contribution in [0, 0.1) is 11.3 Å². The highest BCUT2D eigenvalue weighted by molar-refractivity contribution is 5.91. The molecular formula is C28H31N3O2. The molecule has 1 saturated heterocycles. The Hall–Kier alpha value is -3.08. The van der Waals surface area contributed by atoms with Gasteiger partial charge in [-0.1, -0.05) is 48.5 Å².